The number of rotatable bonds is 2. The molecule has 1 heterocycles. The topological polar surface area (TPSA) is 38.8 Å². The Balaban J connectivity index is 1.78. The van der Waals surface area contributed by atoms with E-state index in [4.69, 9.17) is 15.9 Å². The van der Waals surface area contributed by atoms with Gasteiger partial charge in [0.05, 0.1) is 6.10 Å². The van der Waals surface area contributed by atoms with E-state index >= 15 is 0 Å². The maximum atomic E-state index is 12.1. The second-order valence-corrected chi connectivity index (χ2v) is 7.68. The third-order valence-electron chi connectivity index (χ3n) is 4.87. The average Bonchev–Trinajstić information content (AvgIpc) is 2.46. The number of carbonyl (C=O) groups is 1. The summed E-state index contributed by atoms with van der Waals surface area (Å²) in [5, 5.41) is 0. The molecular formula is C18H29NO3. The lowest BCUT2D eigenvalue weighted by molar-refractivity contribution is -0.0221. The van der Waals surface area contributed by atoms with Gasteiger partial charge in [0.15, 0.2) is 0 Å². The summed E-state index contributed by atoms with van der Waals surface area (Å²) in [6.07, 6.45) is 12.1. The van der Waals surface area contributed by atoms with Crippen molar-refractivity contribution in [3.05, 3.63) is 0 Å². The SMILES string of the molecule is C#CCOC1CCC2(CC1)CCN(C(=O)OC(C)(C)C)CC2. The predicted molar refractivity (Wildman–Crippen MR) is 86.5 cm³/mol. The average molecular weight is 307 g/mol. The van der Waals surface area contributed by atoms with Crippen LogP contribution in [0, 0.1) is 17.8 Å². The van der Waals surface area contributed by atoms with Crippen LogP contribution in [0.25, 0.3) is 0 Å². The van der Waals surface area contributed by atoms with E-state index in [1.54, 1.807) is 0 Å². The second kappa shape index (κ2) is 6.91. The highest BCUT2D eigenvalue weighted by Gasteiger charge is 2.39. The van der Waals surface area contributed by atoms with E-state index in [9.17, 15) is 4.79 Å². The quantitative estimate of drug-likeness (QED) is 0.732. The van der Waals surface area contributed by atoms with Gasteiger partial charge >= 0.3 is 6.09 Å². The Morgan fingerprint density at radius 2 is 1.82 bits per heavy atom. The van der Waals surface area contributed by atoms with Crippen LogP contribution in [0.2, 0.25) is 0 Å². The lowest BCUT2D eigenvalue weighted by atomic mass is 9.67. The van der Waals surface area contributed by atoms with Crippen molar-refractivity contribution in [1.29, 1.82) is 0 Å². The highest BCUT2D eigenvalue weighted by atomic mass is 16.6. The molecule has 0 unspecified atom stereocenters. The minimum absolute atomic E-state index is 0.173. The number of hydrogen-bond donors (Lipinski definition) is 0. The van der Waals surface area contributed by atoms with Crippen molar-refractivity contribution in [2.45, 2.75) is 71.0 Å². The van der Waals surface area contributed by atoms with E-state index in [-0.39, 0.29) is 6.09 Å². The van der Waals surface area contributed by atoms with Gasteiger partial charge in [0.2, 0.25) is 0 Å². The molecule has 1 spiro atoms. The van der Waals surface area contributed by atoms with Gasteiger partial charge in [-0.1, -0.05) is 5.92 Å². The Labute approximate surface area is 134 Å². The molecule has 22 heavy (non-hydrogen) atoms. The van der Waals surface area contributed by atoms with Gasteiger partial charge in [-0.15, -0.1) is 6.42 Å². The number of hydrogen-bond acceptors (Lipinski definition) is 3. The molecule has 2 rings (SSSR count). The predicted octanol–water partition coefficient (Wildman–Crippen LogP) is 3.60. The van der Waals surface area contributed by atoms with Crippen LogP contribution >= 0.6 is 0 Å². The number of nitrogens with zero attached hydrogens (tertiary/aromatic N) is 1. The second-order valence-electron chi connectivity index (χ2n) is 7.68. The van der Waals surface area contributed by atoms with Crippen LogP contribution in [0.5, 0.6) is 0 Å². The van der Waals surface area contributed by atoms with Gasteiger partial charge < -0.3 is 14.4 Å². The third kappa shape index (κ3) is 4.64. The number of likely N-dealkylation sites (tertiary alicyclic amines) is 1. The zero-order valence-corrected chi connectivity index (χ0v) is 14.2. The molecule has 2 aliphatic rings. The van der Waals surface area contributed by atoms with Gasteiger partial charge in [-0.2, -0.15) is 0 Å². The first-order chi connectivity index (χ1) is 10.3. The number of amides is 1. The van der Waals surface area contributed by atoms with Gasteiger partial charge in [0, 0.05) is 13.1 Å². The summed E-state index contributed by atoms with van der Waals surface area (Å²) in [6, 6.07) is 0. The summed E-state index contributed by atoms with van der Waals surface area (Å²) in [7, 11) is 0. The van der Waals surface area contributed by atoms with E-state index in [0.29, 0.717) is 18.1 Å². The Bertz CT molecular complexity index is 415. The molecule has 0 aromatic carbocycles. The highest BCUT2D eigenvalue weighted by Crippen LogP contribution is 2.45. The molecule has 0 atom stereocenters. The van der Waals surface area contributed by atoms with Crippen molar-refractivity contribution >= 4 is 6.09 Å². The Morgan fingerprint density at radius 3 is 2.32 bits per heavy atom. The van der Waals surface area contributed by atoms with Crippen molar-refractivity contribution < 1.29 is 14.3 Å². The fourth-order valence-electron chi connectivity index (χ4n) is 3.53. The Kier molecular flexibility index (Phi) is 5.39. The van der Waals surface area contributed by atoms with E-state index in [1.165, 1.54) is 12.8 Å². The first kappa shape index (κ1) is 17.1. The summed E-state index contributed by atoms with van der Waals surface area (Å²) in [4.78, 5) is 14.0. The third-order valence-corrected chi connectivity index (χ3v) is 4.87. The lowest BCUT2D eigenvalue weighted by Gasteiger charge is -2.45. The maximum absolute atomic E-state index is 12.1. The minimum Gasteiger partial charge on any atom is -0.444 e. The number of carbonyl (C=O) groups excluding carboxylic acids is 1. The molecule has 2 fully saturated rings. The summed E-state index contributed by atoms with van der Waals surface area (Å²) >= 11 is 0. The standard InChI is InChI=1S/C18H29NO3/c1-5-14-21-15-6-8-18(9-7-15)10-12-19(13-11-18)16(20)22-17(2,3)4/h1,15H,6-14H2,2-4H3. The fraction of sp³-hybridized carbons (Fsp3) is 0.833. The van der Waals surface area contributed by atoms with Crippen LogP contribution in [0.1, 0.15) is 59.3 Å². The molecule has 4 heteroatoms. The van der Waals surface area contributed by atoms with Gasteiger partial charge in [-0.05, 0) is 64.7 Å². The van der Waals surface area contributed by atoms with Crippen LogP contribution in [0.3, 0.4) is 0 Å². The van der Waals surface area contributed by atoms with E-state index in [2.05, 4.69) is 5.92 Å². The normalized spacial score (nSPS) is 22.4. The summed E-state index contributed by atoms with van der Waals surface area (Å²) < 4.78 is 11.1. The highest BCUT2D eigenvalue weighted by molar-refractivity contribution is 5.68. The van der Waals surface area contributed by atoms with Crippen molar-refractivity contribution in [3.8, 4) is 12.3 Å². The number of ether oxygens (including phenoxy) is 2. The Morgan fingerprint density at radius 1 is 1.23 bits per heavy atom. The van der Waals surface area contributed by atoms with E-state index in [1.807, 2.05) is 25.7 Å². The molecule has 1 aliphatic carbocycles. The largest absolute Gasteiger partial charge is 0.444 e. The molecule has 0 radical (unpaired) electrons. The van der Waals surface area contributed by atoms with E-state index in [0.717, 1.165) is 38.8 Å². The molecule has 1 saturated carbocycles. The maximum Gasteiger partial charge on any atom is 0.410 e. The summed E-state index contributed by atoms with van der Waals surface area (Å²) in [6.45, 7) is 7.77. The lowest BCUT2D eigenvalue weighted by Crippen LogP contribution is -2.46. The molecule has 0 N–H and O–H groups in total. The Hall–Kier alpha value is -1.21. The molecule has 0 aromatic rings. The van der Waals surface area contributed by atoms with Crippen LogP contribution < -0.4 is 0 Å². The molecular weight excluding hydrogens is 278 g/mol. The van der Waals surface area contributed by atoms with Crippen LogP contribution in [-0.2, 0) is 9.47 Å². The number of piperidine rings is 1. The van der Waals surface area contributed by atoms with Crippen LogP contribution in [0.4, 0.5) is 4.79 Å². The summed E-state index contributed by atoms with van der Waals surface area (Å²) in [5.41, 5.74) is -0.0207. The monoisotopic (exact) mass is 307 g/mol. The van der Waals surface area contributed by atoms with Crippen molar-refractivity contribution in [1.82, 2.24) is 4.90 Å². The van der Waals surface area contributed by atoms with Crippen LogP contribution in [0.15, 0.2) is 0 Å². The van der Waals surface area contributed by atoms with Gasteiger partial charge in [-0.3, -0.25) is 0 Å². The first-order valence-electron chi connectivity index (χ1n) is 8.37. The molecule has 1 saturated heterocycles. The summed E-state index contributed by atoms with van der Waals surface area (Å²) in [5.74, 6) is 2.54. The molecule has 4 nitrogen and oxygen atoms in total. The van der Waals surface area contributed by atoms with Gasteiger partial charge in [-0.25, -0.2) is 4.79 Å². The zero-order valence-electron chi connectivity index (χ0n) is 14.2. The molecule has 1 amide bonds. The van der Waals surface area contributed by atoms with Gasteiger partial charge in [0.1, 0.15) is 12.2 Å². The molecule has 0 bridgehead atoms. The molecule has 0 aromatic heterocycles. The van der Waals surface area contributed by atoms with Crippen molar-refractivity contribution in [2.24, 2.45) is 5.41 Å². The van der Waals surface area contributed by atoms with E-state index < -0.39 is 5.60 Å². The smallest absolute Gasteiger partial charge is 0.410 e. The van der Waals surface area contributed by atoms with Crippen LogP contribution in [-0.4, -0.2) is 42.4 Å². The van der Waals surface area contributed by atoms with Gasteiger partial charge in [0.25, 0.3) is 0 Å². The molecule has 1 aliphatic heterocycles. The molecule has 124 valence electrons. The first-order valence-corrected chi connectivity index (χ1v) is 8.37. The fourth-order valence-corrected chi connectivity index (χ4v) is 3.53. The zero-order chi connectivity index (χ0) is 16.2. The minimum atomic E-state index is -0.418. The number of terminal acetylenes is 1. The van der Waals surface area contributed by atoms with Crippen molar-refractivity contribution in [3.63, 3.8) is 0 Å². The van der Waals surface area contributed by atoms with Crippen molar-refractivity contribution in [2.75, 3.05) is 19.7 Å².